The van der Waals surface area contributed by atoms with Gasteiger partial charge < -0.3 is 10.1 Å². The quantitative estimate of drug-likeness (QED) is 0.898. The zero-order valence-corrected chi connectivity index (χ0v) is 10.4. The summed E-state index contributed by atoms with van der Waals surface area (Å²) in [5.41, 5.74) is 1.24. The largest absolute Gasteiger partial charge is 0.497 e. The lowest BCUT2D eigenvalue weighted by Gasteiger charge is -2.07. The van der Waals surface area contributed by atoms with Crippen molar-refractivity contribution in [2.75, 3.05) is 12.4 Å². The van der Waals surface area contributed by atoms with Gasteiger partial charge in [-0.3, -0.25) is 9.48 Å². The zero-order chi connectivity index (χ0) is 13.0. The molecule has 5 heteroatoms. The molecule has 1 heterocycles. The molecule has 0 aliphatic carbocycles. The highest BCUT2D eigenvalue weighted by Crippen LogP contribution is 2.17. The summed E-state index contributed by atoms with van der Waals surface area (Å²) >= 11 is 0. The minimum absolute atomic E-state index is 0.178. The molecule has 2 rings (SSSR count). The number of hydrogen-bond acceptors (Lipinski definition) is 3. The normalized spacial score (nSPS) is 10.1. The van der Waals surface area contributed by atoms with E-state index in [1.807, 2.05) is 25.1 Å². The van der Waals surface area contributed by atoms with Gasteiger partial charge in [-0.25, -0.2) is 0 Å². The standard InChI is InChI=1S/C13H15N3O2/c1-3-16-12(7-8-14-16)13(17)15-10-5-4-6-11(9-10)18-2/h4-9H,3H2,1-2H3,(H,15,17). The molecule has 0 saturated carbocycles. The van der Waals surface area contributed by atoms with E-state index < -0.39 is 0 Å². The average molecular weight is 245 g/mol. The maximum atomic E-state index is 12.0. The first-order valence-electron chi connectivity index (χ1n) is 5.72. The fourth-order valence-electron chi connectivity index (χ4n) is 1.67. The number of nitrogens with one attached hydrogen (secondary N) is 1. The fraction of sp³-hybridized carbons (Fsp3) is 0.231. The summed E-state index contributed by atoms with van der Waals surface area (Å²) in [5.74, 6) is 0.527. The van der Waals surface area contributed by atoms with Crippen molar-refractivity contribution in [2.24, 2.45) is 0 Å². The number of aryl methyl sites for hydroxylation is 1. The Balaban J connectivity index is 2.16. The molecule has 0 aliphatic rings. The van der Waals surface area contributed by atoms with E-state index in [4.69, 9.17) is 4.74 Å². The molecule has 1 N–H and O–H groups in total. The molecule has 1 amide bonds. The van der Waals surface area contributed by atoms with Crippen molar-refractivity contribution in [1.82, 2.24) is 9.78 Å². The number of anilines is 1. The maximum absolute atomic E-state index is 12.0. The van der Waals surface area contributed by atoms with Gasteiger partial charge in [-0.1, -0.05) is 6.07 Å². The van der Waals surface area contributed by atoms with Gasteiger partial charge in [0.15, 0.2) is 0 Å². The smallest absolute Gasteiger partial charge is 0.273 e. The highest BCUT2D eigenvalue weighted by molar-refractivity contribution is 6.03. The van der Waals surface area contributed by atoms with Crippen LogP contribution in [0.3, 0.4) is 0 Å². The van der Waals surface area contributed by atoms with Gasteiger partial charge in [-0.2, -0.15) is 5.10 Å². The predicted molar refractivity (Wildman–Crippen MR) is 68.8 cm³/mol. The summed E-state index contributed by atoms with van der Waals surface area (Å²) in [6.07, 6.45) is 1.62. The first-order valence-corrected chi connectivity index (χ1v) is 5.72. The molecular formula is C13H15N3O2. The number of benzene rings is 1. The van der Waals surface area contributed by atoms with Gasteiger partial charge in [-0.05, 0) is 25.1 Å². The van der Waals surface area contributed by atoms with Crippen molar-refractivity contribution in [3.63, 3.8) is 0 Å². The molecule has 5 nitrogen and oxygen atoms in total. The lowest BCUT2D eigenvalue weighted by molar-refractivity contribution is 0.101. The van der Waals surface area contributed by atoms with E-state index in [2.05, 4.69) is 10.4 Å². The topological polar surface area (TPSA) is 56.2 Å². The van der Waals surface area contributed by atoms with Gasteiger partial charge in [0.05, 0.1) is 7.11 Å². The molecule has 0 bridgehead atoms. The number of ether oxygens (including phenoxy) is 1. The molecule has 0 aliphatic heterocycles. The van der Waals surface area contributed by atoms with Crippen LogP contribution in [0.1, 0.15) is 17.4 Å². The van der Waals surface area contributed by atoms with E-state index >= 15 is 0 Å². The molecule has 2 aromatic rings. The van der Waals surface area contributed by atoms with Crippen molar-refractivity contribution >= 4 is 11.6 Å². The van der Waals surface area contributed by atoms with E-state index in [1.165, 1.54) is 0 Å². The molecule has 1 aromatic heterocycles. The van der Waals surface area contributed by atoms with Crippen molar-refractivity contribution in [3.8, 4) is 5.75 Å². The zero-order valence-electron chi connectivity index (χ0n) is 10.4. The summed E-state index contributed by atoms with van der Waals surface area (Å²) < 4.78 is 6.75. The first kappa shape index (κ1) is 12.2. The lowest BCUT2D eigenvalue weighted by atomic mass is 10.3. The van der Waals surface area contributed by atoms with Gasteiger partial charge in [0.2, 0.25) is 0 Å². The molecule has 18 heavy (non-hydrogen) atoms. The van der Waals surface area contributed by atoms with Crippen LogP contribution in [0.5, 0.6) is 5.75 Å². The van der Waals surface area contributed by atoms with Crippen molar-refractivity contribution in [1.29, 1.82) is 0 Å². The summed E-state index contributed by atoms with van der Waals surface area (Å²) in [6, 6.07) is 8.92. The highest BCUT2D eigenvalue weighted by Gasteiger charge is 2.11. The van der Waals surface area contributed by atoms with Crippen LogP contribution in [0.25, 0.3) is 0 Å². The number of methoxy groups -OCH3 is 1. The van der Waals surface area contributed by atoms with Crippen LogP contribution in [-0.4, -0.2) is 22.8 Å². The van der Waals surface area contributed by atoms with E-state index in [9.17, 15) is 4.79 Å². The number of aromatic nitrogens is 2. The van der Waals surface area contributed by atoms with Crippen molar-refractivity contribution in [3.05, 3.63) is 42.2 Å². The summed E-state index contributed by atoms with van der Waals surface area (Å²) in [5, 5.41) is 6.88. The fourth-order valence-corrected chi connectivity index (χ4v) is 1.67. The Morgan fingerprint density at radius 2 is 2.28 bits per heavy atom. The third-order valence-electron chi connectivity index (χ3n) is 2.58. The highest BCUT2D eigenvalue weighted by atomic mass is 16.5. The Morgan fingerprint density at radius 1 is 1.44 bits per heavy atom. The maximum Gasteiger partial charge on any atom is 0.273 e. The van der Waals surface area contributed by atoms with E-state index in [0.29, 0.717) is 23.7 Å². The molecule has 1 aromatic carbocycles. The molecule has 94 valence electrons. The first-order chi connectivity index (χ1) is 8.74. The second-order valence-electron chi connectivity index (χ2n) is 3.72. The van der Waals surface area contributed by atoms with Crippen LogP contribution in [0.15, 0.2) is 36.5 Å². The van der Waals surface area contributed by atoms with Crippen LogP contribution in [0.2, 0.25) is 0 Å². The second kappa shape index (κ2) is 5.35. The summed E-state index contributed by atoms with van der Waals surface area (Å²) in [7, 11) is 1.59. The lowest BCUT2D eigenvalue weighted by Crippen LogP contribution is -2.17. The van der Waals surface area contributed by atoms with Crippen LogP contribution in [0, 0.1) is 0 Å². The van der Waals surface area contributed by atoms with Crippen LogP contribution in [-0.2, 0) is 6.54 Å². The molecule has 0 spiro atoms. The van der Waals surface area contributed by atoms with Crippen LogP contribution >= 0.6 is 0 Å². The van der Waals surface area contributed by atoms with E-state index in [1.54, 1.807) is 30.1 Å². The number of carbonyl (C=O) groups excluding carboxylic acids is 1. The third-order valence-corrected chi connectivity index (χ3v) is 2.58. The minimum atomic E-state index is -0.178. The Hall–Kier alpha value is -2.30. The monoisotopic (exact) mass is 245 g/mol. The molecule has 0 radical (unpaired) electrons. The Bertz CT molecular complexity index is 549. The summed E-state index contributed by atoms with van der Waals surface area (Å²) in [6.45, 7) is 2.60. The van der Waals surface area contributed by atoms with E-state index in [-0.39, 0.29) is 5.91 Å². The molecule has 0 unspecified atom stereocenters. The number of nitrogens with zero attached hydrogens (tertiary/aromatic N) is 2. The minimum Gasteiger partial charge on any atom is -0.497 e. The Labute approximate surface area is 105 Å². The van der Waals surface area contributed by atoms with Gasteiger partial charge >= 0.3 is 0 Å². The third kappa shape index (κ3) is 2.51. The van der Waals surface area contributed by atoms with Gasteiger partial charge in [0.1, 0.15) is 11.4 Å². The Morgan fingerprint density at radius 3 is 3.00 bits per heavy atom. The molecule has 0 fully saturated rings. The number of carbonyl (C=O) groups is 1. The average Bonchev–Trinajstić information content (AvgIpc) is 2.87. The number of rotatable bonds is 4. The SMILES string of the molecule is CCn1nccc1C(=O)Nc1cccc(OC)c1. The van der Waals surface area contributed by atoms with Gasteiger partial charge in [0.25, 0.3) is 5.91 Å². The van der Waals surface area contributed by atoms with Gasteiger partial charge in [0, 0.05) is 24.5 Å². The molecule has 0 saturated heterocycles. The molecular weight excluding hydrogens is 230 g/mol. The van der Waals surface area contributed by atoms with Crippen molar-refractivity contribution in [2.45, 2.75) is 13.5 Å². The van der Waals surface area contributed by atoms with Crippen LogP contribution in [0.4, 0.5) is 5.69 Å². The Kier molecular flexibility index (Phi) is 3.62. The van der Waals surface area contributed by atoms with Crippen molar-refractivity contribution < 1.29 is 9.53 Å². The van der Waals surface area contributed by atoms with E-state index in [0.717, 1.165) is 0 Å². The summed E-state index contributed by atoms with van der Waals surface area (Å²) in [4.78, 5) is 12.0. The van der Waals surface area contributed by atoms with Gasteiger partial charge in [-0.15, -0.1) is 0 Å². The predicted octanol–water partition coefficient (Wildman–Crippen LogP) is 2.16. The molecule has 0 atom stereocenters. The number of hydrogen-bond donors (Lipinski definition) is 1. The van der Waals surface area contributed by atoms with Crippen LogP contribution < -0.4 is 10.1 Å². The second-order valence-corrected chi connectivity index (χ2v) is 3.72. The number of amides is 1.